The van der Waals surface area contributed by atoms with Gasteiger partial charge in [-0.2, -0.15) is 13.2 Å². The van der Waals surface area contributed by atoms with Crippen LogP contribution in [0.5, 0.6) is 5.75 Å². The Morgan fingerprint density at radius 2 is 1.94 bits per heavy atom. The maximum absolute atomic E-state index is 12.1. The van der Waals surface area contributed by atoms with Crippen molar-refractivity contribution in [2.45, 2.75) is 25.6 Å². The van der Waals surface area contributed by atoms with Crippen molar-refractivity contribution in [2.24, 2.45) is 5.73 Å². The Morgan fingerprint density at radius 3 is 2.35 bits per heavy atom. The van der Waals surface area contributed by atoms with Crippen LogP contribution in [0.1, 0.15) is 23.6 Å². The number of alkyl halides is 3. The predicted octanol–water partition coefficient (Wildman–Crippen LogP) is 3.38. The predicted molar refractivity (Wildman–Crippen MR) is 62.6 cm³/mol. The van der Waals surface area contributed by atoms with Gasteiger partial charge in [-0.15, -0.1) is 12.4 Å². The van der Waals surface area contributed by atoms with Crippen LogP contribution in [0.3, 0.4) is 0 Å². The van der Waals surface area contributed by atoms with Gasteiger partial charge in [-0.1, -0.05) is 12.1 Å². The van der Waals surface area contributed by atoms with E-state index in [0.717, 1.165) is 5.56 Å². The van der Waals surface area contributed by atoms with Gasteiger partial charge in [0.15, 0.2) is 0 Å². The molecule has 0 saturated heterocycles. The van der Waals surface area contributed by atoms with E-state index in [1.807, 2.05) is 0 Å². The summed E-state index contributed by atoms with van der Waals surface area (Å²) < 4.78 is 41.4. The van der Waals surface area contributed by atoms with Gasteiger partial charge in [0.2, 0.25) is 0 Å². The Hall–Kier alpha value is -0.940. The Labute approximate surface area is 104 Å². The molecule has 0 radical (unpaired) electrons. The summed E-state index contributed by atoms with van der Waals surface area (Å²) >= 11 is 0. The largest absolute Gasteiger partial charge is 0.496 e. The lowest BCUT2D eigenvalue weighted by Gasteiger charge is -2.15. The molecule has 0 aliphatic carbocycles. The average molecular weight is 270 g/mol. The second-order valence-corrected chi connectivity index (χ2v) is 3.65. The SMILES string of the molecule is COc1ccc([C@H](N)CC(F)(F)F)cc1C.Cl. The molecule has 0 saturated carbocycles. The van der Waals surface area contributed by atoms with Gasteiger partial charge in [-0.3, -0.25) is 0 Å². The molecule has 1 aromatic carbocycles. The lowest BCUT2D eigenvalue weighted by molar-refractivity contribution is -0.138. The maximum atomic E-state index is 12.1. The van der Waals surface area contributed by atoms with Crippen LogP contribution in [0.4, 0.5) is 13.2 Å². The molecule has 0 fully saturated rings. The zero-order valence-electron chi connectivity index (χ0n) is 9.54. The van der Waals surface area contributed by atoms with E-state index in [2.05, 4.69) is 0 Å². The molecule has 0 spiro atoms. The van der Waals surface area contributed by atoms with Crippen LogP contribution >= 0.6 is 12.4 Å². The number of rotatable bonds is 3. The highest BCUT2D eigenvalue weighted by atomic mass is 35.5. The smallest absolute Gasteiger partial charge is 0.390 e. The zero-order chi connectivity index (χ0) is 12.3. The first-order valence-electron chi connectivity index (χ1n) is 4.80. The highest BCUT2D eigenvalue weighted by Gasteiger charge is 2.30. The van der Waals surface area contributed by atoms with Crippen LogP contribution < -0.4 is 10.5 Å². The van der Waals surface area contributed by atoms with E-state index < -0.39 is 18.6 Å². The van der Waals surface area contributed by atoms with Crippen LogP contribution in [0, 0.1) is 6.92 Å². The third-order valence-electron chi connectivity index (χ3n) is 2.30. The molecule has 1 atom stereocenters. The van der Waals surface area contributed by atoms with Gasteiger partial charge >= 0.3 is 6.18 Å². The van der Waals surface area contributed by atoms with Crippen molar-refractivity contribution in [2.75, 3.05) is 7.11 Å². The molecule has 0 amide bonds. The number of nitrogens with two attached hydrogens (primary N) is 1. The van der Waals surface area contributed by atoms with E-state index in [1.54, 1.807) is 25.1 Å². The molecule has 0 aliphatic heterocycles. The number of halogens is 4. The molecule has 0 heterocycles. The molecule has 0 aliphatic rings. The number of methoxy groups -OCH3 is 1. The van der Waals surface area contributed by atoms with E-state index in [1.165, 1.54) is 7.11 Å². The number of ether oxygens (including phenoxy) is 1. The van der Waals surface area contributed by atoms with Crippen molar-refractivity contribution >= 4 is 12.4 Å². The zero-order valence-corrected chi connectivity index (χ0v) is 10.4. The summed E-state index contributed by atoms with van der Waals surface area (Å²) in [5.74, 6) is 0.642. The van der Waals surface area contributed by atoms with Gasteiger partial charge in [0.05, 0.1) is 13.5 Å². The van der Waals surface area contributed by atoms with Crippen molar-refractivity contribution in [3.8, 4) is 5.75 Å². The summed E-state index contributed by atoms with van der Waals surface area (Å²) in [6.07, 6.45) is -5.26. The molecule has 0 aromatic heterocycles. The third kappa shape index (κ3) is 4.83. The molecule has 2 N–H and O–H groups in total. The van der Waals surface area contributed by atoms with Gasteiger partial charge in [0.25, 0.3) is 0 Å². The Balaban J connectivity index is 0.00000256. The molecule has 98 valence electrons. The summed E-state index contributed by atoms with van der Waals surface area (Å²) in [4.78, 5) is 0. The number of hydrogen-bond donors (Lipinski definition) is 1. The molecule has 6 heteroatoms. The summed E-state index contributed by atoms with van der Waals surface area (Å²) in [5.41, 5.74) is 6.72. The van der Waals surface area contributed by atoms with E-state index >= 15 is 0 Å². The number of hydrogen-bond acceptors (Lipinski definition) is 2. The van der Waals surface area contributed by atoms with Crippen LogP contribution in [-0.2, 0) is 0 Å². The third-order valence-corrected chi connectivity index (χ3v) is 2.30. The lowest BCUT2D eigenvalue weighted by Crippen LogP contribution is -2.20. The summed E-state index contributed by atoms with van der Waals surface area (Å²) in [6, 6.07) is 3.78. The molecule has 2 nitrogen and oxygen atoms in total. The molecule has 0 unspecified atom stereocenters. The van der Waals surface area contributed by atoms with Gasteiger partial charge < -0.3 is 10.5 Å². The van der Waals surface area contributed by atoms with Crippen molar-refractivity contribution in [3.05, 3.63) is 29.3 Å². The minimum Gasteiger partial charge on any atom is -0.496 e. The van der Waals surface area contributed by atoms with Crippen molar-refractivity contribution in [3.63, 3.8) is 0 Å². The van der Waals surface area contributed by atoms with Crippen LogP contribution in [-0.4, -0.2) is 13.3 Å². The maximum Gasteiger partial charge on any atom is 0.390 e. The Morgan fingerprint density at radius 1 is 1.35 bits per heavy atom. The van der Waals surface area contributed by atoms with Crippen molar-refractivity contribution in [1.82, 2.24) is 0 Å². The van der Waals surface area contributed by atoms with Crippen LogP contribution in [0.25, 0.3) is 0 Å². The van der Waals surface area contributed by atoms with Gasteiger partial charge in [0, 0.05) is 6.04 Å². The Kier molecular flexibility index (Phi) is 5.78. The number of aryl methyl sites for hydroxylation is 1. The molecule has 1 rings (SSSR count). The highest BCUT2D eigenvalue weighted by Crippen LogP contribution is 2.29. The van der Waals surface area contributed by atoms with Crippen LogP contribution in [0.2, 0.25) is 0 Å². The second-order valence-electron chi connectivity index (χ2n) is 3.65. The van der Waals surface area contributed by atoms with Gasteiger partial charge in [0.1, 0.15) is 5.75 Å². The first-order chi connectivity index (χ1) is 7.33. The van der Waals surface area contributed by atoms with E-state index in [4.69, 9.17) is 10.5 Å². The minimum absolute atomic E-state index is 0. The van der Waals surface area contributed by atoms with Crippen molar-refractivity contribution in [1.29, 1.82) is 0 Å². The number of benzene rings is 1. The quantitative estimate of drug-likeness (QED) is 0.913. The molecule has 1 aromatic rings. The minimum atomic E-state index is -4.24. The van der Waals surface area contributed by atoms with Gasteiger partial charge in [-0.05, 0) is 24.1 Å². The molecule has 17 heavy (non-hydrogen) atoms. The molecular weight excluding hydrogens is 255 g/mol. The summed E-state index contributed by atoms with van der Waals surface area (Å²) in [7, 11) is 1.51. The van der Waals surface area contributed by atoms with Crippen molar-refractivity contribution < 1.29 is 17.9 Å². The second kappa shape index (κ2) is 6.12. The molecular formula is C11H15ClF3NO. The highest BCUT2D eigenvalue weighted by molar-refractivity contribution is 5.85. The summed E-state index contributed by atoms with van der Waals surface area (Å²) in [5, 5.41) is 0. The molecule has 0 bridgehead atoms. The lowest BCUT2D eigenvalue weighted by atomic mass is 10.0. The topological polar surface area (TPSA) is 35.2 Å². The average Bonchev–Trinajstić information content (AvgIpc) is 2.15. The fourth-order valence-electron chi connectivity index (χ4n) is 1.50. The Bertz CT molecular complexity index is 368. The standard InChI is InChI=1S/C11H14F3NO.ClH/c1-7-5-8(3-4-10(7)16-2)9(15)6-11(12,13)14;/h3-5,9H,6,15H2,1-2H3;1H/t9-;/m1./s1. The van der Waals surface area contributed by atoms with E-state index in [-0.39, 0.29) is 12.4 Å². The van der Waals surface area contributed by atoms with Crippen LogP contribution in [0.15, 0.2) is 18.2 Å². The fourth-order valence-corrected chi connectivity index (χ4v) is 1.50. The first kappa shape index (κ1) is 16.1. The monoisotopic (exact) mass is 269 g/mol. The van der Waals surface area contributed by atoms with Gasteiger partial charge in [-0.25, -0.2) is 0 Å². The fraction of sp³-hybridized carbons (Fsp3) is 0.455. The van der Waals surface area contributed by atoms with E-state index in [0.29, 0.717) is 11.3 Å². The summed E-state index contributed by atoms with van der Waals surface area (Å²) in [6.45, 7) is 1.77. The normalized spacial score (nSPS) is 12.8. The van der Waals surface area contributed by atoms with E-state index in [9.17, 15) is 13.2 Å². The first-order valence-corrected chi connectivity index (χ1v) is 4.80.